The normalized spacial score (nSPS) is 15.3. The number of hydrogen-bond donors (Lipinski definition) is 2. The average molecular weight is 361 g/mol. The predicted octanol–water partition coefficient (Wildman–Crippen LogP) is 4.22. The van der Waals surface area contributed by atoms with Crippen LogP contribution in [-0.2, 0) is 0 Å². The van der Waals surface area contributed by atoms with Gasteiger partial charge in [0.25, 0.3) is 5.91 Å². The number of benzene rings is 1. The summed E-state index contributed by atoms with van der Waals surface area (Å²) in [7, 11) is 0. The summed E-state index contributed by atoms with van der Waals surface area (Å²) in [6.45, 7) is 0. The minimum Gasteiger partial charge on any atom is -0.348 e. The average Bonchev–Trinajstić information content (AvgIpc) is 2.97. The molecule has 0 bridgehead atoms. The van der Waals surface area contributed by atoms with Crippen LogP contribution in [0.4, 0.5) is 11.5 Å². The number of hydrogen-bond acceptors (Lipinski definition) is 5. The van der Waals surface area contributed by atoms with Crippen molar-refractivity contribution in [3.8, 4) is 0 Å². The van der Waals surface area contributed by atoms with Gasteiger partial charge in [-0.25, -0.2) is 9.97 Å². The van der Waals surface area contributed by atoms with Crippen molar-refractivity contribution in [1.82, 2.24) is 20.3 Å². The highest BCUT2D eigenvalue weighted by molar-refractivity contribution is 5.94. The van der Waals surface area contributed by atoms with Crippen molar-refractivity contribution in [2.24, 2.45) is 0 Å². The molecule has 0 radical (unpaired) electrons. The van der Waals surface area contributed by atoms with Crippen LogP contribution in [0.15, 0.2) is 48.9 Å². The van der Waals surface area contributed by atoms with E-state index in [1.165, 1.54) is 32.0 Å². The molecule has 6 heteroatoms. The highest BCUT2D eigenvalue weighted by Crippen LogP contribution is 2.24. The highest BCUT2D eigenvalue weighted by atomic mass is 16.1. The molecule has 2 N–H and O–H groups in total. The number of anilines is 2. The van der Waals surface area contributed by atoms with Crippen LogP contribution in [0, 0.1) is 0 Å². The van der Waals surface area contributed by atoms with Crippen LogP contribution in [0.2, 0.25) is 0 Å². The summed E-state index contributed by atoms with van der Waals surface area (Å²) >= 11 is 0. The number of nitrogens with zero attached hydrogens (tertiary/aromatic N) is 3. The van der Waals surface area contributed by atoms with Crippen LogP contribution < -0.4 is 10.6 Å². The molecule has 1 saturated carbocycles. The molecule has 1 aliphatic rings. The number of para-hydroxylation sites is 1. The van der Waals surface area contributed by atoms with Gasteiger partial charge in [-0.05, 0) is 25.0 Å². The summed E-state index contributed by atoms with van der Waals surface area (Å²) in [5.41, 5.74) is 2.09. The Morgan fingerprint density at radius 2 is 1.78 bits per heavy atom. The van der Waals surface area contributed by atoms with E-state index < -0.39 is 0 Å². The fourth-order valence-electron chi connectivity index (χ4n) is 3.58. The van der Waals surface area contributed by atoms with Gasteiger partial charge in [-0.1, -0.05) is 43.9 Å². The van der Waals surface area contributed by atoms with Gasteiger partial charge >= 0.3 is 0 Å². The van der Waals surface area contributed by atoms with Crippen LogP contribution in [0.25, 0.3) is 10.9 Å². The smallest absolute Gasteiger partial charge is 0.270 e. The van der Waals surface area contributed by atoms with Gasteiger partial charge in [0, 0.05) is 23.7 Å². The molecular formula is C21H23N5O. The molecule has 0 saturated heterocycles. The summed E-state index contributed by atoms with van der Waals surface area (Å²) in [5, 5.41) is 7.43. The fraction of sp³-hybridized carbons (Fsp3) is 0.333. The number of nitrogens with one attached hydrogen (secondary N) is 2. The lowest BCUT2D eigenvalue weighted by molar-refractivity contribution is 0.0928. The molecule has 0 atom stereocenters. The zero-order chi connectivity index (χ0) is 18.5. The van der Waals surface area contributed by atoms with E-state index in [1.54, 1.807) is 12.3 Å². The van der Waals surface area contributed by atoms with Gasteiger partial charge in [-0.2, -0.15) is 0 Å². The molecule has 0 spiro atoms. The molecule has 138 valence electrons. The van der Waals surface area contributed by atoms with Crippen LogP contribution in [0.5, 0.6) is 0 Å². The first kappa shape index (κ1) is 17.4. The van der Waals surface area contributed by atoms with Crippen molar-refractivity contribution in [2.45, 2.75) is 44.6 Å². The number of carbonyl (C=O) groups excluding carboxylic acids is 1. The van der Waals surface area contributed by atoms with E-state index in [4.69, 9.17) is 0 Å². The van der Waals surface area contributed by atoms with Gasteiger partial charge in [-0.3, -0.25) is 9.78 Å². The van der Waals surface area contributed by atoms with E-state index in [2.05, 4.69) is 25.6 Å². The van der Waals surface area contributed by atoms with E-state index in [0.717, 1.165) is 29.4 Å². The summed E-state index contributed by atoms with van der Waals surface area (Å²) in [6, 6.07) is 11.8. The maximum absolute atomic E-state index is 12.6. The molecule has 6 nitrogen and oxygen atoms in total. The van der Waals surface area contributed by atoms with E-state index in [9.17, 15) is 4.79 Å². The number of carbonyl (C=O) groups is 1. The molecule has 1 fully saturated rings. The van der Waals surface area contributed by atoms with Gasteiger partial charge < -0.3 is 10.6 Å². The Bertz CT molecular complexity index is 929. The quantitative estimate of drug-likeness (QED) is 0.680. The van der Waals surface area contributed by atoms with Gasteiger partial charge in [0.05, 0.1) is 11.2 Å². The number of amides is 1. The topological polar surface area (TPSA) is 79.8 Å². The third-order valence-corrected chi connectivity index (χ3v) is 4.99. The lowest BCUT2D eigenvalue weighted by atomic mass is 10.1. The van der Waals surface area contributed by atoms with Crippen molar-refractivity contribution < 1.29 is 4.79 Å². The van der Waals surface area contributed by atoms with Gasteiger partial charge in [0.2, 0.25) is 0 Å². The molecule has 27 heavy (non-hydrogen) atoms. The highest BCUT2D eigenvalue weighted by Gasteiger charge is 2.17. The minimum absolute atomic E-state index is 0.136. The van der Waals surface area contributed by atoms with Crippen molar-refractivity contribution in [3.05, 3.63) is 54.6 Å². The van der Waals surface area contributed by atoms with E-state index in [-0.39, 0.29) is 11.9 Å². The van der Waals surface area contributed by atoms with Crippen molar-refractivity contribution in [2.75, 3.05) is 5.32 Å². The Balaban J connectivity index is 1.51. The monoisotopic (exact) mass is 361 g/mol. The third kappa shape index (κ3) is 4.22. The van der Waals surface area contributed by atoms with Crippen molar-refractivity contribution in [3.63, 3.8) is 0 Å². The van der Waals surface area contributed by atoms with Crippen molar-refractivity contribution in [1.29, 1.82) is 0 Å². The van der Waals surface area contributed by atoms with Crippen LogP contribution in [0.1, 0.15) is 49.0 Å². The lowest BCUT2D eigenvalue weighted by Gasteiger charge is -2.16. The first-order valence-electron chi connectivity index (χ1n) is 9.53. The number of fused-ring (bicyclic) bond motifs is 1. The number of aromatic nitrogens is 3. The molecule has 1 aliphatic carbocycles. The summed E-state index contributed by atoms with van der Waals surface area (Å²) < 4.78 is 0. The van der Waals surface area contributed by atoms with Crippen LogP contribution in [-0.4, -0.2) is 26.9 Å². The number of pyridine rings is 1. The second-order valence-electron chi connectivity index (χ2n) is 6.96. The molecule has 2 aromatic heterocycles. The molecule has 2 heterocycles. The molecule has 1 amide bonds. The first-order valence-corrected chi connectivity index (χ1v) is 9.53. The minimum atomic E-state index is -0.136. The molecule has 3 aromatic rings. The second-order valence-corrected chi connectivity index (χ2v) is 6.96. The fourth-order valence-corrected chi connectivity index (χ4v) is 3.58. The third-order valence-electron chi connectivity index (χ3n) is 4.99. The Morgan fingerprint density at radius 1 is 0.963 bits per heavy atom. The summed E-state index contributed by atoms with van der Waals surface area (Å²) in [6.07, 6.45) is 10.1. The van der Waals surface area contributed by atoms with Crippen LogP contribution >= 0.6 is 0 Å². The standard InChI is InChI=1S/C21H23N5O/c27-21(25-16-9-3-1-2-4-10-16)18-13-19(24-14-23-18)26-17-11-5-7-15-8-6-12-22-20(15)17/h5-8,11-14,16H,1-4,9-10H2,(H,25,27)(H,23,24,26). The Labute approximate surface area is 158 Å². The molecule has 1 aromatic carbocycles. The summed E-state index contributed by atoms with van der Waals surface area (Å²) in [4.78, 5) is 25.4. The SMILES string of the molecule is O=C(NC1CCCCCC1)c1cc(Nc2cccc3cccnc23)ncn1. The van der Waals surface area contributed by atoms with Crippen molar-refractivity contribution >= 4 is 28.3 Å². The van der Waals surface area contributed by atoms with Gasteiger partial charge in [0.1, 0.15) is 17.8 Å². The largest absolute Gasteiger partial charge is 0.348 e. The molecular weight excluding hydrogens is 338 g/mol. The van der Waals surface area contributed by atoms with Crippen LogP contribution in [0.3, 0.4) is 0 Å². The van der Waals surface area contributed by atoms with E-state index >= 15 is 0 Å². The Kier molecular flexibility index (Phi) is 5.23. The predicted molar refractivity (Wildman–Crippen MR) is 106 cm³/mol. The molecule has 4 rings (SSSR count). The Morgan fingerprint density at radius 3 is 2.63 bits per heavy atom. The summed E-state index contributed by atoms with van der Waals surface area (Å²) in [5.74, 6) is 0.442. The van der Waals surface area contributed by atoms with Gasteiger partial charge in [-0.15, -0.1) is 0 Å². The molecule has 0 unspecified atom stereocenters. The maximum Gasteiger partial charge on any atom is 0.270 e. The van der Waals surface area contributed by atoms with E-state index in [1.807, 2.05) is 30.3 Å². The second kappa shape index (κ2) is 8.12. The number of rotatable bonds is 4. The van der Waals surface area contributed by atoms with E-state index in [0.29, 0.717) is 11.5 Å². The zero-order valence-corrected chi connectivity index (χ0v) is 15.2. The maximum atomic E-state index is 12.6. The zero-order valence-electron chi connectivity index (χ0n) is 15.2. The van der Waals surface area contributed by atoms with Gasteiger partial charge in [0.15, 0.2) is 0 Å². The Hall–Kier alpha value is -3.02. The molecule has 0 aliphatic heterocycles. The lowest BCUT2D eigenvalue weighted by Crippen LogP contribution is -2.34. The first-order chi connectivity index (χ1) is 13.3.